The summed E-state index contributed by atoms with van der Waals surface area (Å²) in [6.07, 6.45) is 4.46. The highest BCUT2D eigenvalue weighted by atomic mass is 16.5. The number of carbonyl (C=O) groups excluding carboxylic acids is 1. The van der Waals surface area contributed by atoms with Gasteiger partial charge in [0.1, 0.15) is 12.1 Å². The highest BCUT2D eigenvalue weighted by molar-refractivity contribution is 5.77. The van der Waals surface area contributed by atoms with Gasteiger partial charge in [-0.1, -0.05) is 44.2 Å². The largest absolute Gasteiger partial charge is 0.461 e. The van der Waals surface area contributed by atoms with Gasteiger partial charge in [0, 0.05) is 13.1 Å². The highest BCUT2D eigenvalue weighted by Gasteiger charge is 2.26. The lowest BCUT2D eigenvalue weighted by Gasteiger charge is -2.23. The van der Waals surface area contributed by atoms with Crippen LogP contribution in [0.1, 0.15) is 51.1 Å². The maximum Gasteiger partial charge on any atom is 0.328 e. The molecule has 0 spiro atoms. The van der Waals surface area contributed by atoms with E-state index in [2.05, 4.69) is 24.1 Å². The molecule has 4 nitrogen and oxygen atoms in total. The Morgan fingerprint density at radius 2 is 1.87 bits per heavy atom. The summed E-state index contributed by atoms with van der Waals surface area (Å²) in [5.74, 6) is -0.136. The van der Waals surface area contributed by atoms with E-state index in [4.69, 9.17) is 4.74 Å². The van der Waals surface area contributed by atoms with E-state index in [1.165, 1.54) is 12.8 Å². The van der Waals surface area contributed by atoms with Crippen LogP contribution < -0.4 is 5.32 Å². The van der Waals surface area contributed by atoms with Gasteiger partial charge in [0.15, 0.2) is 0 Å². The Kier molecular flexibility index (Phi) is 7.56. The summed E-state index contributed by atoms with van der Waals surface area (Å²) in [7, 11) is 0. The van der Waals surface area contributed by atoms with Crippen LogP contribution in [0.5, 0.6) is 0 Å². The maximum atomic E-state index is 12.6. The quantitative estimate of drug-likeness (QED) is 0.710. The van der Waals surface area contributed by atoms with Gasteiger partial charge in [-0.05, 0) is 44.3 Å². The molecule has 0 saturated heterocycles. The van der Waals surface area contributed by atoms with Gasteiger partial charge >= 0.3 is 5.97 Å². The average molecular weight is 318 g/mol. The summed E-state index contributed by atoms with van der Waals surface area (Å²) in [5.41, 5.74) is 0.982. The van der Waals surface area contributed by atoms with Gasteiger partial charge in [-0.3, -0.25) is 5.32 Å². The Morgan fingerprint density at radius 3 is 2.48 bits per heavy atom. The number of rotatable bonds is 9. The molecular weight excluding hydrogens is 288 g/mol. The normalized spacial score (nSPS) is 16.7. The molecular formula is C19H30N2O2. The highest BCUT2D eigenvalue weighted by Crippen LogP contribution is 2.23. The van der Waals surface area contributed by atoms with Crippen molar-refractivity contribution in [3.8, 4) is 0 Å². The van der Waals surface area contributed by atoms with Crippen LogP contribution in [0.25, 0.3) is 0 Å². The molecule has 0 bridgehead atoms. The molecule has 1 N–H and O–H groups in total. The van der Waals surface area contributed by atoms with E-state index < -0.39 is 0 Å². The summed E-state index contributed by atoms with van der Waals surface area (Å²) in [6, 6.07) is 9.52. The van der Waals surface area contributed by atoms with Gasteiger partial charge in [0.25, 0.3) is 0 Å². The van der Waals surface area contributed by atoms with Gasteiger partial charge in [-0.2, -0.15) is 0 Å². The molecule has 0 aliphatic heterocycles. The van der Waals surface area contributed by atoms with Crippen LogP contribution in [-0.4, -0.2) is 43.2 Å². The Bertz CT molecular complexity index is 454. The fourth-order valence-electron chi connectivity index (χ4n) is 3.13. The van der Waals surface area contributed by atoms with E-state index in [0.717, 1.165) is 44.6 Å². The van der Waals surface area contributed by atoms with Crippen LogP contribution in [0, 0.1) is 0 Å². The summed E-state index contributed by atoms with van der Waals surface area (Å²) in [6.45, 7) is 8.09. The first-order valence-corrected chi connectivity index (χ1v) is 8.95. The van der Waals surface area contributed by atoms with E-state index in [9.17, 15) is 4.79 Å². The van der Waals surface area contributed by atoms with Crippen molar-refractivity contribution in [2.75, 3.05) is 26.2 Å². The molecule has 1 saturated carbocycles. The Labute approximate surface area is 140 Å². The fraction of sp³-hybridized carbons (Fsp3) is 0.632. The maximum absolute atomic E-state index is 12.6. The number of hydrogen-bond acceptors (Lipinski definition) is 4. The Morgan fingerprint density at radius 1 is 1.22 bits per heavy atom. The smallest absolute Gasteiger partial charge is 0.328 e. The van der Waals surface area contributed by atoms with E-state index in [0.29, 0.717) is 0 Å². The third-order valence-electron chi connectivity index (χ3n) is 4.62. The standard InChI is InChI=1S/C19H30N2O2/c1-3-21(4-2)15-14-20-18(16-10-6-5-7-11-16)19(22)23-17-12-8-9-13-17/h5-7,10-11,17-18,20H,3-4,8-9,12-15H2,1-2H3. The van der Waals surface area contributed by atoms with Crippen LogP contribution in [0.3, 0.4) is 0 Å². The van der Waals surface area contributed by atoms with Crippen molar-refractivity contribution in [1.29, 1.82) is 0 Å². The fourth-order valence-corrected chi connectivity index (χ4v) is 3.13. The molecule has 4 heteroatoms. The van der Waals surface area contributed by atoms with Crippen molar-refractivity contribution in [2.24, 2.45) is 0 Å². The summed E-state index contributed by atoms with van der Waals surface area (Å²) >= 11 is 0. The van der Waals surface area contributed by atoms with E-state index in [1.807, 2.05) is 30.3 Å². The van der Waals surface area contributed by atoms with E-state index >= 15 is 0 Å². The van der Waals surface area contributed by atoms with Gasteiger partial charge in [0.2, 0.25) is 0 Å². The lowest BCUT2D eigenvalue weighted by atomic mass is 10.1. The zero-order valence-corrected chi connectivity index (χ0v) is 14.5. The van der Waals surface area contributed by atoms with Crippen LogP contribution in [0.15, 0.2) is 30.3 Å². The van der Waals surface area contributed by atoms with Crippen LogP contribution in [0.2, 0.25) is 0 Å². The summed E-state index contributed by atoms with van der Waals surface area (Å²) in [4.78, 5) is 15.0. The first-order valence-electron chi connectivity index (χ1n) is 8.95. The van der Waals surface area contributed by atoms with Gasteiger partial charge < -0.3 is 9.64 Å². The molecule has 0 heterocycles. The topological polar surface area (TPSA) is 41.6 Å². The predicted molar refractivity (Wildman–Crippen MR) is 93.3 cm³/mol. The van der Waals surface area contributed by atoms with Gasteiger partial charge in [-0.15, -0.1) is 0 Å². The molecule has 1 aromatic rings. The Balaban J connectivity index is 1.95. The summed E-state index contributed by atoms with van der Waals surface area (Å²) in [5, 5.41) is 3.39. The first kappa shape index (κ1) is 18.0. The molecule has 1 aliphatic rings. The molecule has 1 unspecified atom stereocenters. The minimum atomic E-state index is -0.368. The second kappa shape index (κ2) is 9.68. The number of nitrogens with one attached hydrogen (secondary N) is 1. The SMILES string of the molecule is CCN(CC)CCNC(C(=O)OC1CCCC1)c1ccccc1. The number of likely N-dealkylation sites (N-methyl/N-ethyl adjacent to an activating group) is 1. The summed E-state index contributed by atoms with van der Waals surface area (Å²) < 4.78 is 5.72. The number of nitrogens with zero attached hydrogens (tertiary/aromatic N) is 1. The minimum absolute atomic E-state index is 0.110. The zero-order chi connectivity index (χ0) is 16.5. The minimum Gasteiger partial charge on any atom is -0.461 e. The van der Waals surface area contributed by atoms with Crippen LogP contribution in [-0.2, 0) is 9.53 Å². The zero-order valence-electron chi connectivity index (χ0n) is 14.5. The van der Waals surface area contributed by atoms with Crippen molar-refractivity contribution in [1.82, 2.24) is 10.2 Å². The van der Waals surface area contributed by atoms with Crippen molar-refractivity contribution < 1.29 is 9.53 Å². The van der Waals surface area contributed by atoms with Gasteiger partial charge in [-0.25, -0.2) is 4.79 Å². The lowest BCUT2D eigenvalue weighted by Crippen LogP contribution is -2.37. The van der Waals surface area contributed by atoms with Crippen LogP contribution >= 0.6 is 0 Å². The number of benzene rings is 1. The first-order chi connectivity index (χ1) is 11.2. The number of carbonyl (C=O) groups is 1. The average Bonchev–Trinajstić information content (AvgIpc) is 3.09. The number of esters is 1. The number of ether oxygens (including phenoxy) is 1. The molecule has 0 radical (unpaired) electrons. The van der Waals surface area contributed by atoms with Gasteiger partial charge in [0.05, 0.1) is 0 Å². The van der Waals surface area contributed by atoms with E-state index in [1.54, 1.807) is 0 Å². The predicted octanol–water partition coefficient (Wildman–Crippen LogP) is 3.14. The lowest BCUT2D eigenvalue weighted by molar-refractivity contribution is -0.151. The molecule has 128 valence electrons. The molecule has 2 rings (SSSR count). The van der Waals surface area contributed by atoms with Crippen molar-refractivity contribution in [3.05, 3.63) is 35.9 Å². The second-order valence-electron chi connectivity index (χ2n) is 6.17. The van der Waals surface area contributed by atoms with Crippen molar-refractivity contribution in [2.45, 2.75) is 51.7 Å². The van der Waals surface area contributed by atoms with E-state index in [-0.39, 0.29) is 18.1 Å². The molecule has 23 heavy (non-hydrogen) atoms. The van der Waals surface area contributed by atoms with Crippen LogP contribution in [0.4, 0.5) is 0 Å². The molecule has 1 aliphatic carbocycles. The third-order valence-corrected chi connectivity index (χ3v) is 4.62. The molecule has 1 atom stereocenters. The molecule has 1 fully saturated rings. The monoisotopic (exact) mass is 318 g/mol. The molecule has 0 aromatic heterocycles. The number of hydrogen-bond donors (Lipinski definition) is 1. The second-order valence-corrected chi connectivity index (χ2v) is 6.17. The Hall–Kier alpha value is -1.39. The molecule has 0 amide bonds. The van der Waals surface area contributed by atoms with Crippen molar-refractivity contribution >= 4 is 5.97 Å². The molecule has 1 aromatic carbocycles. The van der Waals surface area contributed by atoms with Crippen molar-refractivity contribution in [3.63, 3.8) is 0 Å². The third kappa shape index (κ3) is 5.63.